The third kappa shape index (κ3) is 5.48. The van der Waals surface area contributed by atoms with Crippen molar-refractivity contribution in [3.63, 3.8) is 0 Å². The van der Waals surface area contributed by atoms with E-state index in [9.17, 15) is 0 Å². The summed E-state index contributed by atoms with van der Waals surface area (Å²) in [4.78, 5) is 10.1. The lowest BCUT2D eigenvalue weighted by molar-refractivity contribution is 1.04. The van der Waals surface area contributed by atoms with Crippen LogP contribution in [-0.2, 0) is 0 Å². The fourth-order valence-corrected chi connectivity index (χ4v) is 10.2. The first kappa shape index (κ1) is 35.4. The van der Waals surface area contributed by atoms with Crippen molar-refractivity contribution in [3.05, 3.63) is 218 Å². The summed E-state index contributed by atoms with van der Waals surface area (Å²) >= 11 is 0. The molecule has 0 aliphatic rings. The zero-order valence-electron chi connectivity index (χ0n) is 34.5. The molecular weight excluding hydrogens is 765 g/mol. The fraction of sp³-hybridized carbons (Fsp3) is 0.0169. The largest absolute Gasteiger partial charge is 0.309 e. The van der Waals surface area contributed by atoms with Gasteiger partial charge in [-0.05, 0) is 134 Å². The Hall–Kier alpha value is -8.34. The van der Waals surface area contributed by atoms with E-state index in [4.69, 9.17) is 9.97 Å². The summed E-state index contributed by atoms with van der Waals surface area (Å²) < 4.78 is 4.64. The van der Waals surface area contributed by atoms with Crippen molar-refractivity contribution >= 4 is 75.9 Å². The van der Waals surface area contributed by atoms with E-state index in [1.807, 2.05) is 12.3 Å². The highest BCUT2D eigenvalue weighted by Gasteiger charge is 2.18. The highest BCUT2D eigenvalue weighted by atomic mass is 15.1. The second-order valence-corrected chi connectivity index (χ2v) is 16.6. The highest BCUT2D eigenvalue weighted by molar-refractivity contribution is 6.25. The van der Waals surface area contributed by atoms with Gasteiger partial charge < -0.3 is 4.57 Å². The summed E-state index contributed by atoms with van der Waals surface area (Å²) in [5.74, 6) is 1.54. The number of hydrogen-bond acceptors (Lipinski definition) is 2. The van der Waals surface area contributed by atoms with Gasteiger partial charge in [0.2, 0.25) is 0 Å². The quantitative estimate of drug-likeness (QED) is 0.163. The van der Waals surface area contributed by atoms with Gasteiger partial charge in [-0.1, -0.05) is 140 Å². The Morgan fingerprint density at radius 1 is 0.333 bits per heavy atom. The van der Waals surface area contributed by atoms with Gasteiger partial charge in [-0.25, -0.2) is 9.97 Å². The Labute approximate surface area is 363 Å². The molecule has 10 aromatic carbocycles. The van der Waals surface area contributed by atoms with E-state index in [1.54, 1.807) is 0 Å². The normalized spacial score (nSPS) is 11.9. The summed E-state index contributed by atoms with van der Waals surface area (Å²) in [5, 5.41) is 12.5. The number of fused-ring (bicyclic) bond motifs is 12. The molecule has 0 bridgehead atoms. The van der Waals surface area contributed by atoms with Gasteiger partial charge in [0.15, 0.2) is 5.82 Å². The Bertz CT molecular complexity index is 3950. The number of benzene rings is 10. The van der Waals surface area contributed by atoms with Crippen molar-refractivity contribution in [1.29, 1.82) is 0 Å². The molecule has 13 aromatic rings. The van der Waals surface area contributed by atoms with Crippen molar-refractivity contribution in [1.82, 2.24) is 19.1 Å². The first-order valence-corrected chi connectivity index (χ1v) is 21.6. The number of hydrogen-bond donors (Lipinski definition) is 0. The summed E-state index contributed by atoms with van der Waals surface area (Å²) in [5.41, 5.74) is 12.7. The Balaban J connectivity index is 0.886. The van der Waals surface area contributed by atoms with Gasteiger partial charge in [0.1, 0.15) is 5.82 Å². The second-order valence-electron chi connectivity index (χ2n) is 16.6. The molecule has 63 heavy (non-hydrogen) atoms. The van der Waals surface area contributed by atoms with Crippen molar-refractivity contribution in [2.75, 3.05) is 0 Å². The zero-order valence-corrected chi connectivity index (χ0v) is 34.5. The molecular formula is C59H38N4. The monoisotopic (exact) mass is 802 g/mol. The molecule has 0 saturated heterocycles. The van der Waals surface area contributed by atoms with E-state index >= 15 is 0 Å². The first-order chi connectivity index (χ1) is 31.2. The predicted octanol–water partition coefficient (Wildman–Crippen LogP) is 15.4. The molecule has 4 nitrogen and oxygen atoms in total. The maximum absolute atomic E-state index is 5.25. The van der Waals surface area contributed by atoms with Crippen LogP contribution in [0.4, 0.5) is 0 Å². The minimum Gasteiger partial charge on any atom is -0.309 e. The molecule has 0 atom stereocenters. The van der Waals surface area contributed by atoms with Crippen molar-refractivity contribution in [3.8, 4) is 45.1 Å². The standard InChI is InChI=1S/C59H38N4/c1-37-33-41(24-27-43(37)40-23-28-48-46-17-6-5-15-44(46)45-16-7-8-18-47(45)51(48)36-40)59-60-32-31-58(61-59)63-55-22-12-10-20-50(55)53-35-39(26-30-57(53)63)38-25-29-56-52(34-38)49-19-9-11-21-54(49)62(56)42-13-3-2-4-14-42/h2-36H,1H3. The van der Waals surface area contributed by atoms with E-state index in [0.717, 1.165) is 28.1 Å². The van der Waals surface area contributed by atoms with Gasteiger partial charge in [-0.15, -0.1) is 0 Å². The minimum atomic E-state index is 0.698. The summed E-state index contributed by atoms with van der Waals surface area (Å²) in [6, 6.07) is 74.7. The first-order valence-electron chi connectivity index (χ1n) is 21.6. The van der Waals surface area contributed by atoms with E-state index in [1.165, 1.54) is 92.7 Å². The Morgan fingerprint density at radius 3 is 1.44 bits per heavy atom. The van der Waals surface area contributed by atoms with Gasteiger partial charge in [0, 0.05) is 39.0 Å². The smallest absolute Gasteiger partial charge is 0.161 e. The third-order valence-corrected chi connectivity index (χ3v) is 13.1. The molecule has 0 unspecified atom stereocenters. The average molecular weight is 803 g/mol. The van der Waals surface area contributed by atoms with Crippen LogP contribution in [0.25, 0.3) is 121 Å². The van der Waals surface area contributed by atoms with Gasteiger partial charge in [0.05, 0.1) is 22.1 Å². The molecule has 294 valence electrons. The van der Waals surface area contributed by atoms with Crippen LogP contribution in [0.15, 0.2) is 212 Å². The molecule has 0 amide bonds. The van der Waals surface area contributed by atoms with Crippen LogP contribution >= 0.6 is 0 Å². The molecule has 0 N–H and O–H groups in total. The van der Waals surface area contributed by atoms with E-state index in [-0.39, 0.29) is 0 Å². The Morgan fingerprint density at radius 2 is 0.810 bits per heavy atom. The maximum atomic E-state index is 5.25. The van der Waals surface area contributed by atoms with E-state index in [2.05, 4.69) is 216 Å². The van der Waals surface area contributed by atoms with Crippen molar-refractivity contribution in [2.45, 2.75) is 6.92 Å². The third-order valence-electron chi connectivity index (χ3n) is 13.1. The van der Waals surface area contributed by atoms with Crippen LogP contribution in [0.1, 0.15) is 5.56 Å². The van der Waals surface area contributed by atoms with Crippen molar-refractivity contribution < 1.29 is 0 Å². The van der Waals surface area contributed by atoms with Crippen molar-refractivity contribution in [2.24, 2.45) is 0 Å². The van der Waals surface area contributed by atoms with E-state index in [0.29, 0.717) is 5.82 Å². The van der Waals surface area contributed by atoms with Crippen LogP contribution in [0.3, 0.4) is 0 Å². The van der Waals surface area contributed by atoms with Crippen LogP contribution in [0, 0.1) is 6.92 Å². The zero-order chi connectivity index (χ0) is 41.6. The lowest BCUT2D eigenvalue weighted by atomic mass is 9.91. The summed E-state index contributed by atoms with van der Waals surface area (Å²) in [7, 11) is 0. The molecule has 13 rings (SSSR count). The summed E-state index contributed by atoms with van der Waals surface area (Å²) in [6.07, 6.45) is 1.88. The number of nitrogens with zero attached hydrogens (tertiary/aromatic N) is 4. The predicted molar refractivity (Wildman–Crippen MR) is 264 cm³/mol. The molecule has 0 saturated carbocycles. The molecule has 0 spiro atoms. The molecule has 0 aliphatic carbocycles. The van der Waals surface area contributed by atoms with Gasteiger partial charge in [-0.2, -0.15) is 0 Å². The molecule has 3 heterocycles. The summed E-state index contributed by atoms with van der Waals surface area (Å²) in [6.45, 7) is 2.19. The number of aromatic nitrogens is 4. The average Bonchev–Trinajstić information content (AvgIpc) is 3.86. The van der Waals surface area contributed by atoms with Gasteiger partial charge in [0.25, 0.3) is 0 Å². The van der Waals surface area contributed by atoms with Crippen LogP contribution < -0.4 is 0 Å². The second kappa shape index (κ2) is 13.8. The fourth-order valence-electron chi connectivity index (χ4n) is 10.2. The number of para-hydroxylation sites is 3. The topological polar surface area (TPSA) is 35.6 Å². The molecule has 3 aromatic heterocycles. The number of aryl methyl sites for hydroxylation is 1. The maximum Gasteiger partial charge on any atom is 0.161 e. The highest BCUT2D eigenvalue weighted by Crippen LogP contribution is 2.40. The van der Waals surface area contributed by atoms with Crippen LogP contribution in [0.5, 0.6) is 0 Å². The number of rotatable bonds is 5. The van der Waals surface area contributed by atoms with Gasteiger partial charge >= 0.3 is 0 Å². The molecule has 0 aliphatic heterocycles. The SMILES string of the molecule is Cc1cc(-c2nccc(-n3c4ccccc4c4cc(-c5ccc6c(c5)c5ccccc5n6-c5ccccc5)ccc43)n2)ccc1-c1ccc2c3ccccc3c3ccccc3c2c1. The minimum absolute atomic E-state index is 0.698. The van der Waals surface area contributed by atoms with Crippen LogP contribution in [-0.4, -0.2) is 19.1 Å². The molecule has 4 heteroatoms. The lowest BCUT2D eigenvalue weighted by Crippen LogP contribution is -2.00. The Kier molecular flexibility index (Phi) is 7.79. The van der Waals surface area contributed by atoms with Crippen LogP contribution in [0.2, 0.25) is 0 Å². The lowest BCUT2D eigenvalue weighted by Gasteiger charge is -2.14. The van der Waals surface area contributed by atoms with Gasteiger partial charge in [-0.3, -0.25) is 4.57 Å². The molecule has 0 fully saturated rings. The molecule has 0 radical (unpaired) electrons. The van der Waals surface area contributed by atoms with E-state index < -0.39 is 0 Å².